The van der Waals surface area contributed by atoms with Crippen molar-refractivity contribution < 1.29 is 4.79 Å². The summed E-state index contributed by atoms with van der Waals surface area (Å²) in [5.41, 5.74) is 0.791. The Bertz CT molecular complexity index is 784. The molecule has 2 heterocycles. The Kier molecular flexibility index (Phi) is 4.85. The van der Waals surface area contributed by atoms with Crippen LogP contribution in [0.5, 0.6) is 0 Å². The number of carbonyl (C=O) groups excluding carboxylic acids is 1. The van der Waals surface area contributed by atoms with Gasteiger partial charge in [0.05, 0.1) is 0 Å². The fourth-order valence-corrected chi connectivity index (χ4v) is 3.07. The predicted molar refractivity (Wildman–Crippen MR) is 93.5 cm³/mol. The molecule has 2 aromatic rings. The Morgan fingerprint density at radius 2 is 1.92 bits per heavy atom. The molecule has 1 atom stereocenters. The van der Waals surface area contributed by atoms with Crippen molar-refractivity contribution in [2.24, 2.45) is 0 Å². The Morgan fingerprint density at radius 3 is 2.58 bits per heavy atom. The number of aromatic nitrogens is 2. The number of carbonyl (C=O) groups is 1. The standard InChI is InChI=1S/C17H19ClN4O2/c1-13(22-16(23)6-3-7-19-22)17(24)21-10-8-20(9-11-21)15-5-2-4-14(18)12-15/h2-7,12-13H,8-11H2,1H3. The van der Waals surface area contributed by atoms with Gasteiger partial charge in [-0.1, -0.05) is 17.7 Å². The largest absolute Gasteiger partial charge is 0.368 e. The first-order chi connectivity index (χ1) is 11.6. The lowest BCUT2D eigenvalue weighted by molar-refractivity contribution is -0.135. The van der Waals surface area contributed by atoms with E-state index in [2.05, 4.69) is 10.00 Å². The second-order valence-electron chi connectivity index (χ2n) is 5.77. The summed E-state index contributed by atoms with van der Waals surface area (Å²) in [6.45, 7) is 4.39. The molecular weight excluding hydrogens is 328 g/mol. The fraction of sp³-hybridized carbons (Fsp3) is 0.353. The molecule has 1 aromatic carbocycles. The first-order valence-electron chi connectivity index (χ1n) is 7.89. The molecule has 0 saturated carbocycles. The quantitative estimate of drug-likeness (QED) is 0.850. The van der Waals surface area contributed by atoms with Crippen LogP contribution in [0, 0.1) is 0 Å². The number of piperazine rings is 1. The molecule has 1 amide bonds. The summed E-state index contributed by atoms with van der Waals surface area (Å²) >= 11 is 6.04. The van der Waals surface area contributed by atoms with Crippen molar-refractivity contribution in [2.75, 3.05) is 31.1 Å². The third kappa shape index (κ3) is 3.43. The van der Waals surface area contributed by atoms with Gasteiger partial charge in [0.1, 0.15) is 6.04 Å². The molecule has 1 unspecified atom stereocenters. The normalized spacial score (nSPS) is 16.1. The predicted octanol–water partition coefficient (Wildman–Crippen LogP) is 1.81. The van der Waals surface area contributed by atoms with E-state index in [0.29, 0.717) is 18.1 Å². The number of hydrogen-bond donors (Lipinski definition) is 0. The van der Waals surface area contributed by atoms with E-state index in [1.807, 2.05) is 24.3 Å². The van der Waals surface area contributed by atoms with Gasteiger partial charge in [0, 0.05) is 49.2 Å². The van der Waals surface area contributed by atoms with Crippen molar-refractivity contribution in [2.45, 2.75) is 13.0 Å². The SMILES string of the molecule is CC(C(=O)N1CCN(c2cccc(Cl)c2)CC1)n1ncccc1=O. The van der Waals surface area contributed by atoms with Gasteiger partial charge in [0.25, 0.3) is 5.56 Å². The lowest BCUT2D eigenvalue weighted by Crippen LogP contribution is -2.51. The lowest BCUT2D eigenvalue weighted by atomic mass is 10.2. The number of rotatable bonds is 3. The summed E-state index contributed by atoms with van der Waals surface area (Å²) in [6, 6.07) is 10.1. The van der Waals surface area contributed by atoms with Gasteiger partial charge in [0.2, 0.25) is 5.91 Å². The number of benzene rings is 1. The zero-order valence-corrected chi connectivity index (χ0v) is 14.2. The Balaban J connectivity index is 1.65. The van der Waals surface area contributed by atoms with Crippen molar-refractivity contribution in [3.63, 3.8) is 0 Å². The first-order valence-corrected chi connectivity index (χ1v) is 8.27. The third-order valence-corrected chi connectivity index (χ3v) is 4.47. The van der Waals surface area contributed by atoms with Crippen LogP contribution in [0.2, 0.25) is 5.02 Å². The number of anilines is 1. The van der Waals surface area contributed by atoms with Crippen LogP contribution in [0.3, 0.4) is 0 Å². The minimum absolute atomic E-state index is 0.0819. The highest BCUT2D eigenvalue weighted by molar-refractivity contribution is 6.30. The van der Waals surface area contributed by atoms with Crippen LogP contribution in [0.15, 0.2) is 47.4 Å². The maximum Gasteiger partial charge on any atom is 0.267 e. The molecule has 1 aliphatic rings. The van der Waals surface area contributed by atoms with E-state index in [1.54, 1.807) is 17.9 Å². The van der Waals surface area contributed by atoms with Crippen LogP contribution < -0.4 is 10.5 Å². The summed E-state index contributed by atoms with van der Waals surface area (Å²) in [6.07, 6.45) is 1.52. The molecule has 0 spiro atoms. The molecule has 1 aromatic heterocycles. The van der Waals surface area contributed by atoms with Gasteiger partial charge in [-0.05, 0) is 31.2 Å². The van der Waals surface area contributed by atoms with E-state index >= 15 is 0 Å². The molecule has 0 radical (unpaired) electrons. The van der Waals surface area contributed by atoms with Gasteiger partial charge in [-0.2, -0.15) is 5.10 Å². The highest BCUT2D eigenvalue weighted by atomic mass is 35.5. The van der Waals surface area contributed by atoms with Gasteiger partial charge in [-0.15, -0.1) is 0 Å². The van der Waals surface area contributed by atoms with Crippen LogP contribution in [0.25, 0.3) is 0 Å². The van der Waals surface area contributed by atoms with Crippen LogP contribution in [0.1, 0.15) is 13.0 Å². The van der Waals surface area contributed by atoms with E-state index in [0.717, 1.165) is 18.8 Å². The molecule has 0 aliphatic carbocycles. The Hall–Kier alpha value is -2.34. The van der Waals surface area contributed by atoms with Crippen molar-refractivity contribution in [1.82, 2.24) is 14.7 Å². The van der Waals surface area contributed by atoms with Crippen LogP contribution in [0.4, 0.5) is 5.69 Å². The van der Waals surface area contributed by atoms with Crippen molar-refractivity contribution >= 4 is 23.2 Å². The zero-order valence-electron chi connectivity index (χ0n) is 13.4. The maximum atomic E-state index is 12.6. The average Bonchev–Trinajstić information content (AvgIpc) is 2.61. The van der Waals surface area contributed by atoms with E-state index in [-0.39, 0.29) is 11.5 Å². The number of nitrogens with zero attached hydrogens (tertiary/aromatic N) is 4. The van der Waals surface area contributed by atoms with Gasteiger partial charge in [0.15, 0.2) is 0 Å². The molecule has 24 heavy (non-hydrogen) atoms. The van der Waals surface area contributed by atoms with E-state index in [4.69, 9.17) is 11.6 Å². The summed E-state index contributed by atoms with van der Waals surface area (Å²) in [5, 5.41) is 4.70. The maximum absolute atomic E-state index is 12.6. The number of halogens is 1. The van der Waals surface area contributed by atoms with E-state index in [1.165, 1.54) is 16.9 Å². The number of hydrogen-bond acceptors (Lipinski definition) is 4. The van der Waals surface area contributed by atoms with Crippen molar-refractivity contribution in [3.8, 4) is 0 Å². The highest BCUT2D eigenvalue weighted by Crippen LogP contribution is 2.21. The first kappa shape index (κ1) is 16.5. The highest BCUT2D eigenvalue weighted by Gasteiger charge is 2.26. The summed E-state index contributed by atoms with van der Waals surface area (Å²) in [5.74, 6) is -0.0819. The molecule has 3 rings (SSSR count). The molecule has 6 nitrogen and oxygen atoms in total. The second kappa shape index (κ2) is 7.05. The third-order valence-electron chi connectivity index (χ3n) is 4.23. The van der Waals surface area contributed by atoms with Crippen LogP contribution in [-0.4, -0.2) is 46.8 Å². The minimum Gasteiger partial charge on any atom is -0.368 e. The second-order valence-corrected chi connectivity index (χ2v) is 6.21. The fourth-order valence-electron chi connectivity index (χ4n) is 2.89. The smallest absolute Gasteiger partial charge is 0.267 e. The molecule has 7 heteroatoms. The molecule has 0 bridgehead atoms. The summed E-state index contributed by atoms with van der Waals surface area (Å²) < 4.78 is 1.23. The molecule has 1 fully saturated rings. The zero-order chi connectivity index (χ0) is 17.1. The Morgan fingerprint density at radius 1 is 1.17 bits per heavy atom. The molecule has 126 valence electrons. The topological polar surface area (TPSA) is 58.4 Å². The van der Waals surface area contributed by atoms with Gasteiger partial charge >= 0.3 is 0 Å². The van der Waals surface area contributed by atoms with E-state index in [9.17, 15) is 9.59 Å². The Labute approximate surface area is 145 Å². The van der Waals surface area contributed by atoms with Crippen molar-refractivity contribution in [3.05, 3.63) is 58.0 Å². The summed E-state index contributed by atoms with van der Waals surface area (Å²) in [7, 11) is 0. The summed E-state index contributed by atoms with van der Waals surface area (Å²) in [4.78, 5) is 28.4. The average molecular weight is 347 g/mol. The molecule has 1 aliphatic heterocycles. The monoisotopic (exact) mass is 346 g/mol. The van der Waals surface area contributed by atoms with Gasteiger partial charge in [-0.3, -0.25) is 9.59 Å². The van der Waals surface area contributed by atoms with Crippen LogP contribution in [-0.2, 0) is 4.79 Å². The van der Waals surface area contributed by atoms with Gasteiger partial charge < -0.3 is 9.80 Å². The van der Waals surface area contributed by atoms with Gasteiger partial charge in [-0.25, -0.2) is 4.68 Å². The molecular formula is C17H19ClN4O2. The van der Waals surface area contributed by atoms with E-state index < -0.39 is 6.04 Å². The molecule has 1 saturated heterocycles. The van der Waals surface area contributed by atoms with Crippen molar-refractivity contribution in [1.29, 1.82) is 0 Å². The molecule has 0 N–H and O–H groups in total. The lowest BCUT2D eigenvalue weighted by Gasteiger charge is -2.37. The number of amides is 1. The minimum atomic E-state index is -0.601. The van der Waals surface area contributed by atoms with Crippen LogP contribution >= 0.6 is 11.6 Å².